The van der Waals surface area contributed by atoms with E-state index < -0.39 is 11.6 Å². The standard InChI is InChI=1S/C15H21F2N3O2/c16-13-2-1-11(7-14(13)17)8-20-5-4-19(10-15(18)22)9-12(20)3-6-21/h1-2,7,12,21H,3-6,8-10H2,(H2,18,22)/t12-/m0/s1. The van der Waals surface area contributed by atoms with Crippen LogP contribution in [0.25, 0.3) is 0 Å². The van der Waals surface area contributed by atoms with Crippen molar-refractivity contribution in [2.75, 3.05) is 32.8 Å². The molecule has 1 fully saturated rings. The minimum Gasteiger partial charge on any atom is -0.396 e. The number of carbonyl (C=O) groups is 1. The fraction of sp³-hybridized carbons (Fsp3) is 0.533. The maximum Gasteiger partial charge on any atom is 0.231 e. The number of amides is 1. The molecule has 1 aliphatic heterocycles. The summed E-state index contributed by atoms with van der Waals surface area (Å²) in [5.74, 6) is -2.10. The van der Waals surface area contributed by atoms with Crippen LogP contribution in [0.2, 0.25) is 0 Å². The van der Waals surface area contributed by atoms with Gasteiger partial charge in [0.2, 0.25) is 5.91 Å². The topological polar surface area (TPSA) is 69.8 Å². The van der Waals surface area contributed by atoms with Crippen molar-refractivity contribution in [3.05, 3.63) is 35.4 Å². The van der Waals surface area contributed by atoms with Gasteiger partial charge in [-0.25, -0.2) is 8.78 Å². The summed E-state index contributed by atoms with van der Waals surface area (Å²) in [6, 6.07) is 3.92. The van der Waals surface area contributed by atoms with Gasteiger partial charge in [-0.15, -0.1) is 0 Å². The van der Waals surface area contributed by atoms with E-state index in [1.165, 1.54) is 6.07 Å². The van der Waals surface area contributed by atoms with E-state index in [0.29, 0.717) is 38.2 Å². The lowest BCUT2D eigenvalue weighted by atomic mass is 10.1. The van der Waals surface area contributed by atoms with Crippen molar-refractivity contribution < 1.29 is 18.7 Å². The monoisotopic (exact) mass is 313 g/mol. The van der Waals surface area contributed by atoms with Gasteiger partial charge >= 0.3 is 0 Å². The average molecular weight is 313 g/mol. The maximum atomic E-state index is 13.3. The lowest BCUT2D eigenvalue weighted by Gasteiger charge is -2.41. The number of carbonyl (C=O) groups excluding carboxylic acids is 1. The van der Waals surface area contributed by atoms with Crippen molar-refractivity contribution in [1.82, 2.24) is 9.80 Å². The van der Waals surface area contributed by atoms with Crippen LogP contribution in [0.4, 0.5) is 8.78 Å². The molecule has 0 unspecified atom stereocenters. The summed E-state index contributed by atoms with van der Waals surface area (Å²) in [5, 5.41) is 9.20. The van der Waals surface area contributed by atoms with Crippen LogP contribution in [0.1, 0.15) is 12.0 Å². The maximum absolute atomic E-state index is 13.3. The van der Waals surface area contributed by atoms with Gasteiger partial charge in [0, 0.05) is 38.8 Å². The number of rotatable bonds is 6. The third-order valence-corrected chi connectivity index (χ3v) is 3.90. The number of aliphatic hydroxyl groups excluding tert-OH is 1. The smallest absolute Gasteiger partial charge is 0.231 e. The summed E-state index contributed by atoms with van der Waals surface area (Å²) in [4.78, 5) is 15.1. The largest absolute Gasteiger partial charge is 0.396 e. The fourth-order valence-electron chi connectivity index (χ4n) is 2.82. The number of piperazine rings is 1. The number of benzene rings is 1. The number of nitrogens with zero attached hydrogens (tertiary/aromatic N) is 2. The molecular weight excluding hydrogens is 292 g/mol. The second-order valence-electron chi connectivity index (χ2n) is 5.59. The molecule has 0 saturated carbocycles. The molecule has 1 heterocycles. The van der Waals surface area contributed by atoms with E-state index in [4.69, 9.17) is 5.73 Å². The molecule has 5 nitrogen and oxygen atoms in total. The van der Waals surface area contributed by atoms with Crippen molar-refractivity contribution in [3.8, 4) is 0 Å². The molecule has 0 aromatic heterocycles. The molecule has 0 aliphatic carbocycles. The van der Waals surface area contributed by atoms with E-state index >= 15 is 0 Å². The predicted octanol–water partition coefficient (Wildman–Crippen LogP) is 0.319. The Hall–Kier alpha value is -1.57. The average Bonchev–Trinajstić information content (AvgIpc) is 2.45. The molecule has 1 saturated heterocycles. The van der Waals surface area contributed by atoms with Crippen LogP contribution < -0.4 is 5.73 Å². The second-order valence-corrected chi connectivity index (χ2v) is 5.59. The fourth-order valence-corrected chi connectivity index (χ4v) is 2.82. The van der Waals surface area contributed by atoms with Crippen LogP contribution in [-0.2, 0) is 11.3 Å². The van der Waals surface area contributed by atoms with Gasteiger partial charge < -0.3 is 10.8 Å². The van der Waals surface area contributed by atoms with Crippen molar-refractivity contribution in [2.24, 2.45) is 5.73 Å². The number of halogens is 2. The summed E-state index contributed by atoms with van der Waals surface area (Å²) < 4.78 is 26.3. The Morgan fingerprint density at radius 3 is 2.73 bits per heavy atom. The van der Waals surface area contributed by atoms with Crippen LogP contribution in [0, 0.1) is 11.6 Å². The van der Waals surface area contributed by atoms with Crippen LogP contribution in [-0.4, -0.2) is 59.6 Å². The molecular formula is C15H21F2N3O2. The first-order chi connectivity index (χ1) is 10.5. The van der Waals surface area contributed by atoms with Gasteiger partial charge in [0.15, 0.2) is 11.6 Å². The van der Waals surface area contributed by atoms with Crippen molar-refractivity contribution in [3.63, 3.8) is 0 Å². The Balaban J connectivity index is 2.02. The molecule has 2 rings (SSSR count). The zero-order valence-electron chi connectivity index (χ0n) is 12.3. The van der Waals surface area contributed by atoms with Crippen molar-refractivity contribution >= 4 is 5.91 Å². The van der Waals surface area contributed by atoms with Crippen molar-refractivity contribution in [1.29, 1.82) is 0 Å². The minimum atomic E-state index is -0.859. The molecule has 0 spiro atoms. The summed E-state index contributed by atoms with van der Waals surface area (Å²) in [7, 11) is 0. The Morgan fingerprint density at radius 2 is 2.09 bits per heavy atom. The lowest BCUT2D eigenvalue weighted by molar-refractivity contribution is -0.120. The zero-order chi connectivity index (χ0) is 16.1. The molecule has 0 bridgehead atoms. The third kappa shape index (κ3) is 4.46. The van der Waals surface area contributed by atoms with E-state index in [-0.39, 0.29) is 25.1 Å². The van der Waals surface area contributed by atoms with E-state index in [1.807, 2.05) is 4.90 Å². The second kappa shape index (κ2) is 7.62. The third-order valence-electron chi connectivity index (χ3n) is 3.90. The first-order valence-electron chi connectivity index (χ1n) is 7.29. The van der Waals surface area contributed by atoms with Gasteiger partial charge in [-0.2, -0.15) is 0 Å². The Morgan fingerprint density at radius 1 is 1.32 bits per heavy atom. The lowest BCUT2D eigenvalue weighted by Crippen LogP contribution is -2.54. The van der Waals surface area contributed by atoms with Crippen LogP contribution >= 0.6 is 0 Å². The highest BCUT2D eigenvalue weighted by atomic mass is 19.2. The molecule has 1 aliphatic rings. The molecule has 1 aromatic rings. The normalized spacial score (nSPS) is 20.2. The molecule has 1 aromatic carbocycles. The van der Waals surface area contributed by atoms with Gasteiger partial charge in [-0.3, -0.25) is 14.6 Å². The number of nitrogens with two attached hydrogens (primary N) is 1. The summed E-state index contributed by atoms with van der Waals surface area (Å²) in [5.41, 5.74) is 5.90. The van der Waals surface area contributed by atoms with Crippen LogP contribution in [0.15, 0.2) is 18.2 Å². The molecule has 0 radical (unpaired) electrons. The summed E-state index contributed by atoms with van der Waals surface area (Å²) in [6.07, 6.45) is 0.555. The summed E-state index contributed by atoms with van der Waals surface area (Å²) >= 11 is 0. The van der Waals surface area contributed by atoms with Gasteiger partial charge in [-0.1, -0.05) is 6.07 Å². The number of hydrogen-bond acceptors (Lipinski definition) is 4. The highest BCUT2D eigenvalue weighted by Crippen LogP contribution is 2.18. The van der Waals surface area contributed by atoms with E-state index in [2.05, 4.69) is 4.90 Å². The first-order valence-corrected chi connectivity index (χ1v) is 7.29. The molecule has 1 atom stereocenters. The minimum absolute atomic E-state index is 0.0311. The number of hydrogen-bond donors (Lipinski definition) is 2. The Kier molecular flexibility index (Phi) is 5.82. The van der Waals surface area contributed by atoms with Gasteiger partial charge in [0.1, 0.15) is 0 Å². The molecule has 122 valence electrons. The highest BCUT2D eigenvalue weighted by Gasteiger charge is 2.27. The van der Waals surface area contributed by atoms with E-state index in [1.54, 1.807) is 6.07 Å². The zero-order valence-corrected chi connectivity index (χ0v) is 12.3. The predicted molar refractivity (Wildman–Crippen MR) is 77.9 cm³/mol. The molecule has 3 N–H and O–H groups in total. The Bertz CT molecular complexity index is 528. The van der Waals surface area contributed by atoms with E-state index in [0.717, 1.165) is 6.07 Å². The Labute approximate surface area is 128 Å². The first kappa shape index (κ1) is 16.8. The number of aliphatic hydroxyl groups is 1. The molecule has 1 amide bonds. The highest BCUT2D eigenvalue weighted by molar-refractivity contribution is 5.75. The van der Waals surface area contributed by atoms with Crippen LogP contribution in [0.5, 0.6) is 0 Å². The summed E-state index contributed by atoms with van der Waals surface area (Å²) in [6.45, 7) is 2.68. The van der Waals surface area contributed by atoms with Gasteiger partial charge in [0.05, 0.1) is 6.54 Å². The SMILES string of the molecule is NC(=O)CN1CCN(Cc2ccc(F)c(F)c2)[C@@H](CCO)C1. The molecule has 7 heteroatoms. The quantitative estimate of drug-likeness (QED) is 0.793. The molecule has 22 heavy (non-hydrogen) atoms. The van der Waals surface area contributed by atoms with Crippen molar-refractivity contribution in [2.45, 2.75) is 19.0 Å². The van der Waals surface area contributed by atoms with Gasteiger partial charge in [-0.05, 0) is 24.1 Å². The van der Waals surface area contributed by atoms with E-state index in [9.17, 15) is 18.7 Å². The van der Waals surface area contributed by atoms with Crippen LogP contribution in [0.3, 0.4) is 0 Å². The number of primary amides is 1. The van der Waals surface area contributed by atoms with Gasteiger partial charge in [0.25, 0.3) is 0 Å².